The second kappa shape index (κ2) is 7.87. The van der Waals surface area contributed by atoms with Gasteiger partial charge in [-0.1, -0.05) is 42.5 Å². The molecule has 1 amide bonds. The molecule has 26 heavy (non-hydrogen) atoms. The number of hydrogen-bond donors (Lipinski definition) is 1. The molecule has 1 aromatic heterocycles. The first-order valence-corrected chi connectivity index (χ1v) is 10.1. The van der Waals surface area contributed by atoms with Crippen molar-refractivity contribution in [3.05, 3.63) is 59.6 Å². The fourth-order valence-corrected chi connectivity index (χ4v) is 4.40. The van der Waals surface area contributed by atoms with Crippen molar-refractivity contribution in [1.29, 1.82) is 0 Å². The number of nitrogens with one attached hydrogen (secondary N) is 1. The maximum Gasteiger partial charge on any atom is 0.224 e. The molecule has 2 aromatic carbocycles. The summed E-state index contributed by atoms with van der Waals surface area (Å²) in [7, 11) is 0. The minimum absolute atomic E-state index is 0.104. The molecule has 1 aliphatic rings. The molecule has 3 aromatic rings. The Morgan fingerprint density at radius 3 is 3.00 bits per heavy atom. The van der Waals surface area contributed by atoms with Crippen molar-refractivity contribution in [3.63, 3.8) is 0 Å². The van der Waals surface area contributed by atoms with Gasteiger partial charge in [0.15, 0.2) is 5.13 Å². The number of piperidine rings is 1. The molecule has 0 saturated carbocycles. The molecule has 1 aliphatic heterocycles. The summed E-state index contributed by atoms with van der Waals surface area (Å²) in [6.45, 7) is 2.78. The molecule has 0 bridgehead atoms. The zero-order valence-electron chi connectivity index (χ0n) is 14.7. The Hall–Kier alpha value is -2.40. The molecule has 1 fully saturated rings. The topological polar surface area (TPSA) is 45.2 Å². The highest BCUT2D eigenvalue weighted by molar-refractivity contribution is 7.13. The predicted molar refractivity (Wildman–Crippen MR) is 108 cm³/mol. The third-order valence-electron chi connectivity index (χ3n) is 5.03. The van der Waals surface area contributed by atoms with E-state index in [1.165, 1.54) is 5.39 Å². The van der Waals surface area contributed by atoms with Gasteiger partial charge in [0.2, 0.25) is 5.91 Å². The summed E-state index contributed by atoms with van der Waals surface area (Å²) in [4.78, 5) is 19.2. The Morgan fingerprint density at radius 2 is 2.12 bits per heavy atom. The fraction of sp³-hybridized carbons (Fsp3) is 0.333. The second-order valence-electron chi connectivity index (χ2n) is 6.89. The van der Waals surface area contributed by atoms with Gasteiger partial charge in [-0.15, -0.1) is 11.3 Å². The average molecular weight is 366 g/mol. The first kappa shape index (κ1) is 17.0. The summed E-state index contributed by atoms with van der Waals surface area (Å²) < 4.78 is 0. The number of rotatable bonds is 5. The number of carbonyl (C=O) groups excluding carboxylic acids is 1. The Bertz CT molecular complexity index is 873. The molecular weight excluding hydrogens is 342 g/mol. The van der Waals surface area contributed by atoms with Crippen molar-refractivity contribution < 1.29 is 4.79 Å². The van der Waals surface area contributed by atoms with Crippen LogP contribution in [0.2, 0.25) is 0 Å². The maximum atomic E-state index is 12.5. The standard InChI is InChI=1S/C21H23N3OS/c25-20(13-18-8-3-7-17-6-1-2-9-19(17)18)23-14-16-5-4-11-24(15-16)21-22-10-12-26-21/h1-3,6-10,12,16H,4-5,11,13-15H2,(H,23,25). The van der Waals surface area contributed by atoms with Gasteiger partial charge in [0.25, 0.3) is 0 Å². The van der Waals surface area contributed by atoms with Crippen LogP contribution in [0.3, 0.4) is 0 Å². The van der Waals surface area contributed by atoms with Crippen LogP contribution in [0.4, 0.5) is 5.13 Å². The van der Waals surface area contributed by atoms with Gasteiger partial charge in [-0.05, 0) is 35.1 Å². The van der Waals surface area contributed by atoms with Gasteiger partial charge in [-0.2, -0.15) is 0 Å². The average Bonchev–Trinajstić information content (AvgIpc) is 3.22. The Balaban J connectivity index is 1.34. The number of nitrogens with zero attached hydrogens (tertiary/aromatic N) is 2. The SMILES string of the molecule is O=C(Cc1cccc2ccccc12)NCC1CCCN(c2nccs2)C1. The van der Waals surface area contributed by atoms with E-state index in [-0.39, 0.29) is 5.91 Å². The van der Waals surface area contributed by atoms with Crippen molar-refractivity contribution in [1.82, 2.24) is 10.3 Å². The highest BCUT2D eigenvalue weighted by Gasteiger charge is 2.22. The number of aromatic nitrogens is 1. The second-order valence-corrected chi connectivity index (χ2v) is 7.76. The van der Waals surface area contributed by atoms with Gasteiger partial charge in [-0.3, -0.25) is 4.79 Å². The third kappa shape index (κ3) is 3.88. The molecule has 1 saturated heterocycles. The van der Waals surface area contributed by atoms with Crippen LogP contribution in [0.15, 0.2) is 54.0 Å². The maximum absolute atomic E-state index is 12.5. The number of benzene rings is 2. The number of amides is 1. The van der Waals surface area contributed by atoms with Crippen molar-refractivity contribution in [2.24, 2.45) is 5.92 Å². The third-order valence-corrected chi connectivity index (χ3v) is 5.86. The zero-order valence-corrected chi connectivity index (χ0v) is 15.5. The first-order chi connectivity index (χ1) is 12.8. The molecule has 134 valence electrons. The van der Waals surface area contributed by atoms with Gasteiger partial charge >= 0.3 is 0 Å². The summed E-state index contributed by atoms with van der Waals surface area (Å²) in [6.07, 6.45) is 4.61. The molecule has 4 nitrogen and oxygen atoms in total. The van der Waals surface area contributed by atoms with Crippen LogP contribution in [0.1, 0.15) is 18.4 Å². The van der Waals surface area contributed by atoms with Crippen molar-refractivity contribution >= 4 is 33.1 Å². The quantitative estimate of drug-likeness (QED) is 0.746. The lowest BCUT2D eigenvalue weighted by Crippen LogP contribution is -2.41. The van der Waals surface area contributed by atoms with Crippen molar-refractivity contribution in [2.45, 2.75) is 19.3 Å². The molecule has 4 rings (SSSR count). The van der Waals surface area contributed by atoms with Gasteiger partial charge < -0.3 is 10.2 Å². The minimum Gasteiger partial charge on any atom is -0.355 e. The summed E-state index contributed by atoms with van der Waals surface area (Å²) in [5.74, 6) is 0.594. The molecule has 2 heterocycles. The molecule has 1 N–H and O–H groups in total. The normalized spacial score (nSPS) is 17.4. The molecule has 0 aliphatic carbocycles. The lowest BCUT2D eigenvalue weighted by molar-refractivity contribution is -0.120. The number of anilines is 1. The van der Waals surface area contributed by atoms with E-state index in [0.717, 1.165) is 48.6 Å². The fourth-order valence-electron chi connectivity index (χ4n) is 3.72. The molecular formula is C21H23N3OS. The van der Waals surface area contributed by atoms with Crippen LogP contribution in [-0.4, -0.2) is 30.5 Å². The van der Waals surface area contributed by atoms with Gasteiger partial charge in [-0.25, -0.2) is 4.98 Å². The van der Waals surface area contributed by atoms with E-state index < -0.39 is 0 Å². The van der Waals surface area contributed by atoms with E-state index in [4.69, 9.17) is 0 Å². The van der Waals surface area contributed by atoms with Crippen molar-refractivity contribution in [3.8, 4) is 0 Å². The largest absolute Gasteiger partial charge is 0.355 e. The first-order valence-electron chi connectivity index (χ1n) is 9.17. The zero-order chi connectivity index (χ0) is 17.8. The monoisotopic (exact) mass is 365 g/mol. The van der Waals surface area contributed by atoms with E-state index in [2.05, 4.69) is 33.4 Å². The lowest BCUT2D eigenvalue weighted by atomic mass is 9.98. The summed E-state index contributed by atoms with van der Waals surface area (Å²) in [5, 5.41) is 8.61. The number of fused-ring (bicyclic) bond motifs is 1. The number of thiazole rings is 1. The Kier molecular flexibility index (Phi) is 5.16. The molecule has 5 heteroatoms. The highest BCUT2D eigenvalue weighted by atomic mass is 32.1. The van der Waals surface area contributed by atoms with E-state index in [1.807, 2.05) is 35.8 Å². The Labute approximate surface area is 157 Å². The molecule has 0 spiro atoms. The lowest BCUT2D eigenvalue weighted by Gasteiger charge is -2.32. The summed E-state index contributed by atoms with van der Waals surface area (Å²) in [6, 6.07) is 14.4. The van der Waals surface area contributed by atoms with Gasteiger partial charge in [0.1, 0.15) is 0 Å². The molecule has 1 atom stereocenters. The van der Waals surface area contributed by atoms with Crippen LogP contribution in [0.25, 0.3) is 10.8 Å². The molecule has 1 unspecified atom stereocenters. The Morgan fingerprint density at radius 1 is 1.23 bits per heavy atom. The number of carbonyl (C=O) groups is 1. The van der Waals surface area contributed by atoms with E-state index in [1.54, 1.807) is 11.3 Å². The van der Waals surface area contributed by atoms with E-state index >= 15 is 0 Å². The van der Waals surface area contributed by atoms with Crippen LogP contribution in [-0.2, 0) is 11.2 Å². The predicted octanol–water partition coefficient (Wildman–Crippen LogP) is 3.87. The van der Waals surface area contributed by atoms with Crippen LogP contribution in [0, 0.1) is 5.92 Å². The van der Waals surface area contributed by atoms with Crippen LogP contribution in [0.5, 0.6) is 0 Å². The molecule has 0 radical (unpaired) electrons. The minimum atomic E-state index is 0.104. The summed E-state index contributed by atoms with van der Waals surface area (Å²) >= 11 is 1.69. The van der Waals surface area contributed by atoms with Gasteiger partial charge in [0, 0.05) is 31.2 Å². The van der Waals surface area contributed by atoms with Crippen LogP contribution < -0.4 is 10.2 Å². The van der Waals surface area contributed by atoms with Crippen molar-refractivity contribution in [2.75, 3.05) is 24.5 Å². The highest BCUT2D eigenvalue weighted by Crippen LogP contribution is 2.24. The van der Waals surface area contributed by atoms with E-state index in [9.17, 15) is 4.79 Å². The number of hydrogen-bond acceptors (Lipinski definition) is 4. The smallest absolute Gasteiger partial charge is 0.224 e. The summed E-state index contributed by atoms with van der Waals surface area (Å²) in [5.41, 5.74) is 1.09. The van der Waals surface area contributed by atoms with E-state index in [0.29, 0.717) is 12.3 Å². The van der Waals surface area contributed by atoms with Crippen LogP contribution >= 0.6 is 11.3 Å². The van der Waals surface area contributed by atoms with Gasteiger partial charge in [0.05, 0.1) is 6.42 Å².